The number of carbonyl (C=O) groups is 1. The monoisotopic (exact) mass is 324 g/mol. The number of aromatic nitrogens is 1. The van der Waals surface area contributed by atoms with Gasteiger partial charge in [0, 0.05) is 0 Å². The van der Waals surface area contributed by atoms with E-state index in [1.165, 1.54) is 11.8 Å². The van der Waals surface area contributed by atoms with E-state index in [-0.39, 0.29) is 18.6 Å². The standard InChI is InChI=1S/C15H20N2O2S2/c1-10(2)7-11(8-18)16-14(19)9-20-15-17-12-5-3-4-6-13(12)21-15/h3-6,10-11,18H,7-9H2,1-2H3,(H,16,19). The zero-order valence-corrected chi connectivity index (χ0v) is 13.8. The summed E-state index contributed by atoms with van der Waals surface area (Å²) >= 11 is 3.04. The number of nitrogens with one attached hydrogen (secondary N) is 1. The van der Waals surface area contributed by atoms with Gasteiger partial charge in [0.1, 0.15) is 0 Å². The lowest BCUT2D eigenvalue weighted by atomic mass is 10.0. The third kappa shape index (κ3) is 4.98. The SMILES string of the molecule is CC(C)CC(CO)NC(=O)CSc1nc2ccccc2s1. The maximum atomic E-state index is 11.9. The van der Waals surface area contributed by atoms with E-state index < -0.39 is 0 Å². The van der Waals surface area contributed by atoms with E-state index in [1.807, 2.05) is 24.3 Å². The van der Waals surface area contributed by atoms with Gasteiger partial charge in [-0.25, -0.2) is 4.98 Å². The number of carbonyl (C=O) groups excluding carboxylic acids is 1. The van der Waals surface area contributed by atoms with Crippen molar-refractivity contribution in [1.82, 2.24) is 10.3 Å². The molecule has 0 fully saturated rings. The van der Waals surface area contributed by atoms with Crippen molar-refractivity contribution in [3.63, 3.8) is 0 Å². The van der Waals surface area contributed by atoms with E-state index in [9.17, 15) is 9.90 Å². The summed E-state index contributed by atoms with van der Waals surface area (Å²) in [6, 6.07) is 7.79. The van der Waals surface area contributed by atoms with Gasteiger partial charge in [-0.3, -0.25) is 4.79 Å². The summed E-state index contributed by atoms with van der Waals surface area (Å²) < 4.78 is 2.03. The summed E-state index contributed by atoms with van der Waals surface area (Å²) in [6.45, 7) is 4.13. The van der Waals surface area contributed by atoms with Crippen LogP contribution in [-0.4, -0.2) is 34.4 Å². The molecule has 1 unspecified atom stereocenters. The quantitative estimate of drug-likeness (QED) is 0.769. The molecular weight excluding hydrogens is 304 g/mol. The molecular formula is C15H20N2O2S2. The summed E-state index contributed by atoms with van der Waals surface area (Å²) in [4.78, 5) is 16.4. The zero-order valence-electron chi connectivity index (χ0n) is 12.2. The second kappa shape index (κ2) is 7.77. The molecule has 0 spiro atoms. The highest BCUT2D eigenvalue weighted by atomic mass is 32.2. The molecule has 6 heteroatoms. The van der Waals surface area contributed by atoms with E-state index in [0.717, 1.165) is 21.0 Å². The molecule has 1 aromatic heterocycles. The van der Waals surface area contributed by atoms with Crippen molar-refractivity contribution in [2.75, 3.05) is 12.4 Å². The smallest absolute Gasteiger partial charge is 0.230 e. The first-order valence-corrected chi connectivity index (χ1v) is 8.77. The molecule has 1 amide bonds. The van der Waals surface area contributed by atoms with E-state index in [2.05, 4.69) is 24.1 Å². The van der Waals surface area contributed by atoms with Crippen molar-refractivity contribution < 1.29 is 9.90 Å². The summed E-state index contributed by atoms with van der Waals surface area (Å²) in [5, 5.41) is 12.1. The molecule has 0 aliphatic carbocycles. The average Bonchev–Trinajstić information content (AvgIpc) is 2.86. The fourth-order valence-corrected chi connectivity index (χ4v) is 3.94. The predicted molar refractivity (Wildman–Crippen MR) is 88.8 cm³/mol. The van der Waals surface area contributed by atoms with Crippen molar-refractivity contribution in [3.05, 3.63) is 24.3 Å². The minimum absolute atomic E-state index is 0.0181. The molecule has 0 saturated carbocycles. The van der Waals surface area contributed by atoms with Crippen LogP contribution in [0.3, 0.4) is 0 Å². The van der Waals surface area contributed by atoms with Crippen LogP contribution in [0.4, 0.5) is 0 Å². The summed E-state index contributed by atoms with van der Waals surface area (Å²) in [5.74, 6) is 0.715. The zero-order chi connectivity index (χ0) is 15.2. The number of para-hydroxylation sites is 1. The van der Waals surface area contributed by atoms with Crippen LogP contribution >= 0.6 is 23.1 Å². The molecule has 1 aromatic carbocycles. The molecule has 0 radical (unpaired) electrons. The maximum Gasteiger partial charge on any atom is 0.230 e. The Labute approximate surface area is 133 Å². The predicted octanol–water partition coefficient (Wildman–Crippen LogP) is 2.91. The van der Waals surface area contributed by atoms with Gasteiger partial charge in [-0.05, 0) is 24.5 Å². The second-order valence-corrected chi connectivity index (χ2v) is 7.57. The molecule has 0 bridgehead atoms. The molecule has 2 N–H and O–H groups in total. The third-order valence-corrected chi connectivity index (χ3v) is 5.12. The Hall–Kier alpha value is -1.11. The van der Waals surface area contributed by atoms with E-state index in [0.29, 0.717) is 11.7 Å². The Morgan fingerprint density at radius 1 is 1.43 bits per heavy atom. The number of thiazole rings is 1. The van der Waals surface area contributed by atoms with Crippen molar-refractivity contribution in [2.45, 2.75) is 30.6 Å². The molecule has 0 aliphatic heterocycles. The molecule has 4 nitrogen and oxygen atoms in total. The number of nitrogens with zero attached hydrogens (tertiary/aromatic N) is 1. The lowest BCUT2D eigenvalue weighted by Gasteiger charge is -2.17. The van der Waals surface area contributed by atoms with Crippen LogP contribution in [-0.2, 0) is 4.79 Å². The van der Waals surface area contributed by atoms with Gasteiger partial charge in [-0.2, -0.15) is 0 Å². The van der Waals surface area contributed by atoms with Gasteiger partial charge in [-0.15, -0.1) is 11.3 Å². The summed E-state index contributed by atoms with van der Waals surface area (Å²) in [6.07, 6.45) is 0.786. The highest BCUT2D eigenvalue weighted by Crippen LogP contribution is 2.29. The number of thioether (sulfide) groups is 1. The van der Waals surface area contributed by atoms with Gasteiger partial charge in [0.15, 0.2) is 4.34 Å². The Bertz CT molecular complexity index is 565. The normalized spacial score (nSPS) is 12.8. The van der Waals surface area contributed by atoms with Crippen molar-refractivity contribution >= 4 is 39.2 Å². The molecule has 114 valence electrons. The first kappa shape index (κ1) is 16.3. The molecule has 0 saturated heterocycles. The van der Waals surface area contributed by atoms with E-state index in [1.54, 1.807) is 11.3 Å². The highest BCUT2D eigenvalue weighted by molar-refractivity contribution is 8.01. The largest absolute Gasteiger partial charge is 0.394 e. The molecule has 21 heavy (non-hydrogen) atoms. The molecule has 1 atom stereocenters. The number of rotatable bonds is 7. The van der Waals surface area contributed by atoms with E-state index >= 15 is 0 Å². The number of hydrogen-bond acceptors (Lipinski definition) is 5. The van der Waals surface area contributed by atoms with Crippen LogP contribution in [0.25, 0.3) is 10.2 Å². The number of amides is 1. The Balaban J connectivity index is 1.85. The first-order chi connectivity index (χ1) is 10.1. The van der Waals surface area contributed by atoms with Gasteiger partial charge in [0.25, 0.3) is 0 Å². The lowest BCUT2D eigenvalue weighted by molar-refractivity contribution is -0.119. The first-order valence-electron chi connectivity index (χ1n) is 6.97. The molecule has 2 aromatic rings. The summed E-state index contributed by atoms with van der Waals surface area (Å²) in [7, 11) is 0. The van der Waals surface area contributed by atoms with Gasteiger partial charge < -0.3 is 10.4 Å². The number of aliphatic hydroxyl groups excluding tert-OH is 1. The van der Waals surface area contributed by atoms with Crippen molar-refractivity contribution in [2.24, 2.45) is 5.92 Å². The summed E-state index contributed by atoms with van der Waals surface area (Å²) in [5.41, 5.74) is 0.971. The van der Waals surface area contributed by atoms with Crippen LogP contribution in [0.5, 0.6) is 0 Å². The Morgan fingerprint density at radius 3 is 2.86 bits per heavy atom. The number of fused-ring (bicyclic) bond motifs is 1. The number of hydrogen-bond donors (Lipinski definition) is 2. The minimum atomic E-state index is -0.159. The van der Waals surface area contributed by atoms with Crippen LogP contribution in [0, 0.1) is 5.92 Å². The van der Waals surface area contributed by atoms with Crippen LogP contribution in [0.1, 0.15) is 20.3 Å². The van der Waals surface area contributed by atoms with Crippen molar-refractivity contribution in [3.8, 4) is 0 Å². The fraction of sp³-hybridized carbons (Fsp3) is 0.467. The van der Waals surface area contributed by atoms with Crippen LogP contribution in [0.15, 0.2) is 28.6 Å². The molecule has 0 aliphatic rings. The van der Waals surface area contributed by atoms with Crippen LogP contribution < -0.4 is 5.32 Å². The lowest BCUT2D eigenvalue weighted by Crippen LogP contribution is -2.39. The van der Waals surface area contributed by atoms with Gasteiger partial charge in [0.2, 0.25) is 5.91 Å². The number of aliphatic hydroxyl groups is 1. The third-order valence-electron chi connectivity index (χ3n) is 2.94. The highest BCUT2D eigenvalue weighted by Gasteiger charge is 2.14. The maximum absolute atomic E-state index is 11.9. The van der Waals surface area contributed by atoms with Gasteiger partial charge in [0.05, 0.1) is 28.6 Å². The van der Waals surface area contributed by atoms with Gasteiger partial charge >= 0.3 is 0 Å². The second-order valence-electron chi connectivity index (χ2n) is 5.31. The average molecular weight is 324 g/mol. The number of benzene rings is 1. The van der Waals surface area contributed by atoms with E-state index in [4.69, 9.17) is 0 Å². The Kier molecular flexibility index (Phi) is 6.02. The Morgan fingerprint density at radius 2 is 2.19 bits per heavy atom. The van der Waals surface area contributed by atoms with Crippen LogP contribution in [0.2, 0.25) is 0 Å². The topological polar surface area (TPSA) is 62.2 Å². The minimum Gasteiger partial charge on any atom is -0.394 e. The van der Waals surface area contributed by atoms with Crippen molar-refractivity contribution in [1.29, 1.82) is 0 Å². The fourth-order valence-electron chi connectivity index (χ4n) is 2.06. The van der Waals surface area contributed by atoms with Gasteiger partial charge in [-0.1, -0.05) is 37.7 Å². The molecule has 1 heterocycles. The molecule has 2 rings (SSSR count).